The van der Waals surface area contributed by atoms with Crippen LogP contribution in [0.15, 0.2) is 54.7 Å². The minimum absolute atomic E-state index is 0.825. The molecule has 0 amide bonds. The van der Waals surface area contributed by atoms with Gasteiger partial charge in [-0.1, -0.05) is 24.3 Å². The maximum Gasteiger partial charge on any atom is 0.224 e. The number of aryl methyl sites for hydroxylation is 3. The van der Waals surface area contributed by atoms with Crippen molar-refractivity contribution >= 4 is 54.7 Å². The van der Waals surface area contributed by atoms with Gasteiger partial charge in [-0.2, -0.15) is 0 Å². The third-order valence-corrected chi connectivity index (χ3v) is 6.24. The second kappa shape index (κ2) is 4.68. The molecule has 0 aliphatic rings. The van der Waals surface area contributed by atoms with Gasteiger partial charge in [-0.25, -0.2) is 4.57 Å². The fourth-order valence-electron chi connectivity index (χ4n) is 4.90. The van der Waals surface area contributed by atoms with E-state index in [1.807, 2.05) is 6.07 Å². The Balaban J connectivity index is 2.19. The second-order valence-electron chi connectivity index (χ2n) is 7.69. The molecule has 0 radical (unpaired) electrons. The minimum atomic E-state index is 0.825. The molecule has 0 saturated carbocycles. The molecule has 0 aliphatic carbocycles. The highest BCUT2D eigenvalue weighted by atomic mass is 15.0. The van der Waals surface area contributed by atoms with Gasteiger partial charge in [0, 0.05) is 16.8 Å². The molecule has 0 unspecified atom stereocenters. The molecule has 3 heterocycles. The van der Waals surface area contributed by atoms with Gasteiger partial charge in [-0.15, -0.1) is 0 Å². The molecule has 6 rings (SSSR count). The van der Waals surface area contributed by atoms with Crippen LogP contribution in [0.2, 0.25) is 0 Å². The SMILES string of the molecule is Cc1cc2c3cccc(N)c3n3c4cccc5cc[n+](C)c(c(c1C)c23)c54. The molecule has 3 nitrogen and oxygen atoms in total. The van der Waals surface area contributed by atoms with E-state index in [-0.39, 0.29) is 0 Å². The highest BCUT2D eigenvalue weighted by Gasteiger charge is 2.24. The molecule has 0 bridgehead atoms. The zero-order chi connectivity index (χ0) is 18.4. The number of para-hydroxylation sites is 1. The van der Waals surface area contributed by atoms with Gasteiger partial charge in [0.1, 0.15) is 7.05 Å². The lowest BCUT2D eigenvalue weighted by molar-refractivity contribution is -0.643. The number of hydrogen-bond donors (Lipinski definition) is 1. The summed E-state index contributed by atoms with van der Waals surface area (Å²) in [7, 11) is 2.14. The molecule has 6 aromatic rings. The van der Waals surface area contributed by atoms with E-state index in [0.29, 0.717) is 0 Å². The van der Waals surface area contributed by atoms with Crippen LogP contribution in [0.5, 0.6) is 0 Å². The molecule has 0 fully saturated rings. The van der Waals surface area contributed by atoms with Crippen molar-refractivity contribution in [3.8, 4) is 0 Å². The van der Waals surface area contributed by atoms with Crippen LogP contribution in [0, 0.1) is 13.8 Å². The van der Waals surface area contributed by atoms with Crippen molar-refractivity contribution in [1.82, 2.24) is 4.40 Å². The summed E-state index contributed by atoms with van der Waals surface area (Å²) in [6.07, 6.45) is 2.17. The third kappa shape index (κ3) is 1.61. The molecule has 0 spiro atoms. The lowest BCUT2D eigenvalue weighted by Gasteiger charge is -2.14. The average molecular weight is 350 g/mol. The lowest BCUT2D eigenvalue weighted by atomic mass is 9.97. The second-order valence-corrected chi connectivity index (χ2v) is 7.69. The number of nitrogen functional groups attached to an aromatic ring is 1. The molecule has 3 heteroatoms. The zero-order valence-electron chi connectivity index (χ0n) is 15.7. The summed E-state index contributed by atoms with van der Waals surface area (Å²) in [5.74, 6) is 0. The Morgan fingerprint density at radius 1 is 0.889 bits per heavy atom. The molecule has 3 aromatic carbocycles. The predicted molar refractivity (Wildman–Crippen MR) is 114 cm³/mol. The van der Waals surface area contributed by atoms with E-state index in [9.17, 15) is 0 Å². The molecule has 2 N–H and O–H groups in total. The topological polar surface area (TPSA) is 34.3 Å². The van der Waals surface area contributed by atoms with Gasteiger partial charge in [0.2, 0.25) is 5.52 Å². The summed E-state index contributed by atoms with van der Waals surface area (Å²) in [4.78, 5) is 0. The number of anilines is 1. The molecule has 0 saturated heterocycles. The van der Waals surface area contributed by atoms with E-state index < -0.39 is 0 Å². The Kier molecular flexibility index (Phi) is 2.57. The smallest absolute Gasteiger partial charge is 0.224 e. The minimum Gasteiger partial charge on any atom is -0.397 e. The van der Waals surface area contributed by atoms with Crippen LogP contribution in [-0.4, -0.2) is 4.40 Å². The van der Waals surface area contributed by atoms with Crippen molar-refractivity contribution in [2.24, 2.45) is 7.05 Å². The normalized spacial score (nSPS) is 12.4. The van der Waals surface area contributed by atoms with Crippen molar-refractivity contribution in [3.63, 3.8) is 0 Å². The first kappa shape index (κ1) is 14.8. The zero-order valence-corrected chi connectivity index (χ0v) is 15.7. The van der Waals surface area contributed by atoms with Crippen LogP contribution in [0.1, 0.15) is 11.1 Å². The predicted octanol–water partition coefficient (Wildman–Crippen LogP) is 5.01. The maximum absolute atomic E-state index is 6.50. The number of nitrogens with two attached hydrogens (primary N) is 1. The van der Waals surface area contributed by atoms with Crippen LogP contribution < -0.4 is 10.3 Å². The van der Waals surface area contributed by atoms with E-state index in [1.165, 1.54) is 54.6 Å². The van der Waals surface area contributed by atoms with Crippen molar-refractivity contribution in [3.05, 3.63) is 65.9 Å². The Labute approximate surface area is 156 Å². The Morgan fingerprint density at radius 3 is 2.56 bits per heavy atom. The molecule has 0 atom stereocenters. The standard InChI is InChI=1S/C24H20N3/c1-13-12-17-16-7-5-8-18(25)22(16)27-19-9-4-6-15-10-11-26(3)24(21(15)19)20(14(13)2)23(17)27/h4-12H,25H2,1-3H3/q+1. The van der Waals surface area contributed by atoms with Gasteiger partial charge in [-0.3, -0.25) is 0 Å². The monoisotopic (exact) mass is 350 g/mol. The number of aromatic nitrogens is 2. The van der Waals surface area contributed by atoms with E-state index in [0.717, 1.165) is 11.2 Å². The molecule has 0 aliphatic heterocycles. The summed E-state index contributed by atoms with van der Waals surface area (Å²) >= 11 is 0. The van der Waals surface area contributed by atoms with Crippen LogP contribution >= 0.6 is 0 Å². The van der Waals surface area contributed by atoms with Crippen LogP contribution in [0.25, 0.3) is 49.0 Å². The molecule has 27 heavy (non-hydrogen) atoms. The van der Waals surface area contributed by atoms with E-state index in [2.05, 4.69) is 78.5 Å². The Hall–Kier alpha value is -3.33. The molecular formula is C24H20N3+. The summed E-state index contributed by atoms with van der Waals surface area (Å²) in [5, 5.41) is 6.39. The highest BCUT2D eigenvalue weighted by molar-refractivity contribution is 6.27. The van der Waals surface area contributed by atoms with E-state index >= 15 is 0 Å². The van der Waals surface area contributed by atoms with Gasteiger partial charge < -0.3 is 10.1 Å². The summed E-state index contributed by atoms with van der Waals surface area (Å²) in [6.45, 7) is 4.45. The quantitative estimate of drug-likeness (QED) is 0.178. The maximum atomic E-state index is 6.50. The van der Waals surface area contributed by atoms with Gasteiger partial charge in [0.15, 0.2) is 6.20 Å². The molecule has 3 aromatic heterocycles. The van der Waals surface area contributed by atoms with Crippen molar-refractivity contribution in [2.45, 2.75) is 13.8 Å². The van der Waals surface area contributed by atoms with Crippen LogP contribution in [0.4, 0.5) is 5.69 Å². The number of nitrogens with zero attached hydrogens (tertiary/aromatic N) is 2. The van der Waals surface area contributed by atoms with Gasteiger partial charge >= 0.3 is 0 Å². The number of benzene rings is 3. The first-order valence-electron chi connectivity index (χ1n) is 9.33. The molecular weight excluding hydrogens is 330 g/mol. The lowest BCUT2D eigenvalue weighted by Crippen LogP contribution is -2.29. The number of rotatable bonds is 0. The average Bonchev–Trinajstić information content (AvgIpc) is 2.99. The Morgan fingerprint density at radius 2 is 1.70 bits per heavy atom. The largest absolute Gasteiger partial charge is 0.397 e. The first-order valence-corrected chi connectivity index (χ1v) is 9.33. The van der Waals surface area contributed by atoms with Crippen molar-refractivity contribution in [2.75, 3.05) is 5.73 Å². The number of pyridine rings is 2. The number of fused-ring (bicyclic) bond motifs is 5. The van der Waals surface area contributed by atoms with Crippen molar-refractivity contribution in [1.29, 1.82) is 0 Å². The summed E-state index contributed by atoms with van der Waals surface area (Å²) in [6, 6.07) is 17.3. The van der Waals surface area contributed by atoms with E-state index in [4.69, 9.17) is 5.73 Å². The van der Waals surface area contributed by atoms with Crippen molar-refractivity contribution < 1.29 is 4.57 Å². The summed E-state index contributed by atoms with van der Waals surface area (Å²) < 4.78 is 4.65. The van der Waals surface area contributed by atoms with Gasteiger partial charge in [0.05, 0.1) is 33.0 Å². The highest BCUT2D eigenvalue weighted by Crippen LogP contribution is 2.42. The third-order valence-electron chi connectivity index (χ3n) is 6.24. The molecule has 130 valence electrons. The first-order chi connectivity index (χ1) is 13.1. The van der Waals surface area contributed by atoms with Crippen LogP contribution in [-0.2, 0) is 7.05 Å². The Bertz CT molecular complexity index is 1550. The van der Waals surface area contributed by atoms with Gasteiger partial charge in [-0.05, 0) is 48.6 Å². The fraction of sp³-hybridized carbons (Fsp3) is 0.125. The number of hydrogen-bond acceptors (Lipinski definition) is 1. The summed E-state index contributed by atoms with van der Waals surface area (Å²) in [5.41, 5.74) is 14.9. The van der Waals surface area contributed by atoms with Gasteiger partial charge in [0.25, 0.3) is 0 Å². The fourth-order valence-corrected chi connectivity index (χ4v) is 4.90. The van der Waals surface area contributed by atoms with E-state index in [1.54, 1.807) is 0 Å². The van der Waals surface area contributed by atoms with Crippen LogP contribution in [0.3, 0.4) is 0 Å².